The Morgan fingerprint density at radius 3 is 2.58 bits per heavy atom. The van der Waals surface area contributed by atoms with Gasteiger partial charge in [-0.2, -0.15) is 5.10 Å². The highest BCUT2D eigenvalue weighted by atomic mass is 16.6. The van der Waals surface area contributed by atoms with Crippen molar-refractivity contribution in [3.63, 3.8) is 0 Å². The molecule has 8 nitrogen and oxygen atoms in total. The number of hydrogen-bond donors (Lipinski definition) is 1. The van der Waals surface area contributed by atoms with Crippen LogP contribution in [0.2, 0.25) is 0 Å². The molecule has 3 rings (SSSR count). The highest BCUT2D eigenvalue weighted by molar-refractivity contribution is 5.91. The largest absolute Gasteiger partial charge is 0.324 e. The fraction of sp³-hybridized carbons (Fsp3) is 0.0625. The molecule has 1 heterocycles. The Morgan fingerprint density at radius 1 is 1.17 bits per heavy atom. The first-order chi connectivity index (χ1) is 11.5. The Morgan fingerprint density at radius 2 is 1.88 bits per heavy atom. The van der Waals surface area contributed by atoms with E-state index in [1.807, 2.05) is 0 Å². The number of non-ortho nitro benzene ring substituents is 1. The van der Waals surface area contributed by atoms with Gasteiger partial charge in [-0.05, 0) is 24.3 Å². The van der Waals surface area contributed by atoms with Crippen molar-refractivity contribution in [2.45, 2.75) is 6.54 Å². The normalized spacial score (nSPS) is 10.5. The lowest BCUT2D eigenvalue weighted by Crippen LogP contribution is -2.22. The average molecular weight is 324 g/mol. The summed E-state index contributed by atoms with van der Waals surface area (Å²) in [5.41, 5.74) is 0.735. The van der Waals surface area contributed by atoms with Crippen molar-refractivity contribution in [3.05, 3.63) is 75.1 Å². The number of nitro groups is 1. The number of fused-ring (bicyclic) bond motifs is 1. The average Bonchev–Trinajstić information content (AvgIpc) is 2.58. The van der Waals surface area contributed by atoms with Crippen LogP contribution in [0.1, 0.15) is 0 Å². The highest BCUT2D eigenvalue weighted by Crippen LogP contribution is 2.15. The van der Waals surface area contributed by atoms with Crippen LogP contribution in [0.15, 0.2) is 59.5 Å². The Kier molecular flexibility index (Phi) is 4.02. The zero-order valence-electron chi connectivity index (χ0n) is 12.4. The molecule has 0 aliphatic rings. The number of rotatable bonds is 4. The van der Waals surface area contributed by atoms with Gasteiger partial charge in [-0.15, -0.1) is 0 Å². The topological polar surface area (TPSA) is 107 Å². The van der Waals surface area contributed by atoms with Gasteiger partial charge in [0.15, 0.2) is 0 Å². The van der Waals surface area contributed by atoms with Crippen LogP contribution in [0.3, 0.4) is 0 Å². The lowest BCUT2D eigenvalue weighted by Gasteiger charge is -2.09. The minimum Gasteiger partial charge on any atom is -0.324 e. The Bertz CT molecular complexity index is 979. The van der Waals surface area contributed by atoms with E-state index in [1.54, 1.807) is 24.3 Å². The minimum absolute atomic E-state index is 0.0546. The Hall–Kier alpha value is -3.55. The van der Waals surface area contributed by atoms with E-state index < -0.39 is 4.92 Å². The Labute approximate surface area is 135 Å². The monoisotopic (exact) mass is 324 g/mol. The van der Waals surface area contributed by atoms with Crippen molar-refractivity contribution in [2.24, 2.45) is 0 Å². The van der Waals surface area contributed by atoms with Gasteiger partial charge in [-0.25, -0.2) is 0 Å². The van der Waals surface area contributed by atoms with Crippen LogP contribution in [-0.4, -0.2) is 20.6 Å². The smallest absolute Gasteiger partial charge is 0.269 e. The van der Waals surface area contributed by atoms with Crippen LogP contribution >= 0.6 is 0 Å². The first-order valence-corrected chi connectivity index (χ1v) is 7.04. The van der Waals surface area contributed by atoms with Crippen LogP contribution in [0.4, 0.5) is 11.4 Å². The fourth-order valence-corrected chi connectivity index (χ4v) is 2.29. The van der Waals surface area contributed by atoms with Crippen molar-refractivity contribution in [1.29, 1.82) is 0 Å². The molecule has 0 atom stereocenters. The highest BCUT2D eigenvalue weighted by Gasteiger charge is 2.09. The minimum atomic E-state index is -0.512. The number of carbonyl (C=O) groups is 1. The summed E-state index contributed by atoms with van der Waals surface area (Å²) in [6.45, 7) is -0.0855. The summed E-state index contributed by atoms with van der Waals surface area (Å²) in [6.07, 6.45) is 1.17. The lowest BCUT2D eigenvalue weighted by atomic mass is 10.2. The van der Waals surface area contributed by atoms with Crippen LogP contribution in [0.5, 0.6) is 0 Å². The second-order valence-electron chi connectivity index (χ2n) is 5.04. The lowest BCUT2D eigenvalue weighted by molar-refractivity contribution is -0.384. The maximum atomic E-state index is 12.1. The molecule has 120 valence electrons. The van der Waals surface area contributed by atoms with Gasteiger partial charge in [0.1, 0.15) is 6.54 Å². The zero-order chi connectivity index (χ0) is 17.1. The van der Waals surface area contributed by atoms with Crippen LogP contribution in [-0.2, 0) is 11.3 Å². The van der Waals surface area contributed by atoms with E-state index in [1.165, 1.54) is 35.1 Å². The van der Waals surface area contributed by atoms with E-state index in [2.05, 4.69) is 10.4 Å². The van der Waals surface area contributed by atoms with Gasteiger partial charge in [-0.1, -0.05) is 12.1 Å². The first-order valence-electron chi connectivity index (χ1n) is 7.04. The number of benzene rings is 2. The summed E-state index contributed by atoms with van der Waals surface area (Å²) in [5, 5.41) is 17.7. The number of carbonyl (C=O) groups excluding carboxylic acids is 1. The molecule has 1 N–H and O–H groups in total. The summed E-state index contributed by atoms with van der Waals surface area (Å²) in [6, 6.07) is 12.4. The summed E-state index contributed by atoms with van der Waals surface area (Å²) in [7, 11) is 0. The number of nitrogens with zero attached hydrogens (tertiary/aromatic N) is 3. The van der Waals surface area contributed by atoms with Crippen molar-refractivity contribution >= 4 is 28.2 Å². The maximum Gasteiger partial charge on any atom is 0.269 e. The number of para-hydroxylation sites is 1. The molecule has 0 aliphatic heterocycles. The zero-order valence-corrected chi connectivity index (χ0v) is 12.4. The van der Waals surface area contributed by atoms with Gasteiger partial charge in [0.2, 0.25) is 11.3 Å². The quantitative estimate of drug-likeness (QED) is 0.583. The third-order valence-electron chi connectivity index (χ3n) is 3.42. The van der Waals surface area contributed by atoms with Gasteiger partial charge in [0.05, 0.1) is 16.6 Å². The van der Waals surface area contributed by atoms with Crippen LogP contribution < -0.4 is 10.7 Å². The molecule has 0 bridgehead atoms. The van der Waals surface area contributed by atoms with Gasteiger partial charge < -0.3 is 5.32 Å². The molecule has 24 heavy (non-hydrogen) atoms. The number of nitrogens with one attached hydrogen (secondary N) is 1. The number of aromatic nitrogens is 2. The molecule has 0 aliphatic carbocycles. The summed E-state index contributed by atoms with van der Waals surface area (Å²) >= 11 is 0. The molecule has 8 heteroatoms. The number of amides is 1. The standard InChI is InChI=1S/C16H12N4O4/c21-15-9-17-19(14-4-2-1-3-13(14)15)10-16(22)18-11-5-7-12(8-6-11)20(23)24/h1-9H,10H2,(H,18,22). The molecule has 0 saturated carbocycles. The molecule has 0 spiro atoms. The molecular weight excluding hydrogens is 312 g/mol. The number of anilines is 1. The van der Waals surface area contributed by atoms with E-state index >= 15 is 0 Å². The summed E-state index contributed by atoms with van der Waals surface area (Å²) < 4.78 is 1.43. The maximum absolute atomic E-state index is 12.1. The molecular formula is C16H12N4O4. The third kappa shape index (κ3) is 3.12. The van der Waals surface area contributed by atoms with Crippen LogP contribution in [0, 0.1) is 10.1 Å². The first kappa shape index (κ1) is 15.3. The second kappa shape index (κ2) is 6.29. The molecule has 0 fully saturated rings. The van der Waals surface area contributed by atoms with Crippen molar-refractivity contribution in [3.8, 4) is 0 Å². The SMILES string of the molecule is O=C(Cn1ncc(=O)c2ccccc21)Nc1ccc([N+](=O)[O-])cc1. The summed E-state index contributed by atoms with van der Waals surface area (Å²) in [4.78, 5) is 34.0. The molecule has 0 unspecified atom stereocenters. The molecule has 0 radical (unpaired) electrons. The van der Waals surface area contributed by atoms with E-state index in [9.17, 15) is 19.7 Å². The fourth-order valence-electron chi connectivity index (χ4n) is 2.29. The molecule has 2 aromatic carbocycles. The van der Waals surface area contributed by atoms with Gasteiger partial charge in [0, 0.05) is 23.2 Å². The van der Waals surface area contributed by atoms with Crippen LogP contribution in [0.25, 0.3) is 10.9 Å². The van der Waals surface area contributed by atoms with E-state index in [4.69, 9.17) is 0 Å². The van der Waals surface area contributed by atoms with Crippen molar-refractivity contribution in [1.82, 2.24) is 9.78 Å². The van der Waals surface area contributed by atoms with Crippen molar-refractivity contribution in [2.75, 3.05) is 5.32 Å². The van der Waals surface area contributed by atoms with Crippen molar-refractivity contribution < 1.29 is 9.72 Å². The van der Waals surface area contributed by atoms with Gasteiger partial charge >= 0.3 is 0 Å². The molecule has 1 amide bonds. The number of hydrogen-bond acceptors (Lipinski definition) is 5. The Balaban J connectivity index is 1.79. The predicted molar refractivity (Wildman–Crippen MR) is 87.7 cm³/mol. The third-order valence-corrected chi connectivity index (χ3v) is 3.42. The summed E-state index contributed by atoms with van der Waals surface area (Å²) in [5.74, 6) is -0.356. The van der Waals surface area contributed by atoms with E-state index in [0.29, 0.717) is 16.6 Å². The predicted octanol–water partition coefficient (Wildman–Crippen LogP) is 1.94. The van der Waals surface area contributed by atoms with E-state index in [0.717, 1.165) is 0 Å². The molecule has 1 aromatic heterocycles. The van der Waals surface area contributed by atoms with Gasteiger partial charge in [-0.3, -0.25) is 24.4 Å². The van der Waals surface area contributed by atoms with E-state index in [-0.39, 0.29) is 23.6 Å². The van der Waals surface area contributed by atoms with Gasteiger partial charge in [0.25, 0.3) is 5.69 Å². The number of nitro benzene ring substituents is 1. The second-order valence-corrected chi connectivity index (χ2v) is 5.04. The molecule has 3 aromatic rings. The molecule has 0 saturated heterocycles.